The zero-order valence-corrected chi connectivity index (χ0v) is 22.8. The first-order chi connectivity index (χ1) is 18.4. The summed E-state index contributed by atoms with van der Waals surface area (Å²) in [4.78, 5) is 21.2. The Morgan fingerprint density at radius 2 is 1.87 bits per heavy atom. The second-order valence-electron chi connectivity index (χ2n) is 9.89. The Balaban J connectivity index is 1.60. The van der Waals surface area contributed by atoms with Crippen molar-refractivity contribution >= 4 is 33.3 Å². The number of hydrogen-bond acceptors (Lipinski definition) is 8. The average molecular weight is 553 g/mol. The maximum absolute atomic E-state index is 13.7. The van der Waals surface area contributed by atoms with Gasteiger partial charge in [0.25, 0.3) is 0 Å². The fourth-order valence-electron chi connectivity index (χ4n) is 3.56. The van der Waals surface area contributed by atoms with Crippen LogP contribution in [0.25, 0.3) is 11.3 Å². The van der Waals surface area contributed by atoms with E-state index in [0.717, 1.165) is 16.1 Å². The van der Waals surface area contributed by atoms with Crippen LogP contribution in [0.1, 0.15) is 26.3 Å². The van der Waals surface area contributed by atoms with Crippen LogP contribution in [-0.4, -0.2) is 40.9 Å². The van der Waals surface area contributed by atoms with Crippen LogP contribution >= 0.6 is 0 Å². The van der Waals surface area contributed by atoms with Crippen molar-refractivity contribution in [2.45, 2.75) is 26.5 Å². The van der Waals surface area contributed by atoms with Crippen molar-refractivity contribution in [1.82, 2.24) is 19.7 Å². The predicted molar refractivity (Wildman–Crippen MR) is 146 cm³/mol. The summed E-state index contributed by atoms with van der Waals surface area (Å²) in [7, 11) is -2.26. The van der Waals surface area contributed by atoms with Gasteiger partial charge in [0.2, 0.25) is 16.0 Å². The molecule has 204 valence electrons. The van der Waals surface area contributed by atoms with E-state index >= 15 is 0 Å². The first-order valence-electron chi connectivity index (χ1n) is 12.0. The second kappa shape index (κ2) is 11.2. The number of hydrogen-bond donors (Lipinski definition) is 1. The number of carbonyl (C=O) groups is 1. The van der Waals surface area contributed by atoms with Gasteiger partial charge in [-0.1, -0.05) is 24.3 Å². The summed E-state index contributed by atoms with van der Waals surface area (Å²) >= 11 is 0. The number of ether oxygens (including phenoxy) is 1. The van der Waals surface area contributed by atoms with Gasteiger partial charge in [0.1, 0.15) is 5.82 Å². The molecule has 2 heterocycles. The quantitative estimate of drug-likeness (QED) is 0.236. The highest BCUT2D eigenvalue weighted by Gasteiger charge is 2.28. The van der Waals surface area contributed by atoms with Crippen molar-refractivity contribution in [1.29, 1.82) is 0 Å². The third-order valence-electron chi connectivity index (χ3n) is 5.57. The van der Waals surface area contributed by atoms with Gasteiger partial charge in [-0.3, -0.25) is 9.48 Å². The number of esters is 1. The zero-order valence-electron chi connectivity index (χ0n) is 22.0. The molecule has 12 heteroatoms. The lowest BCUT2D eigenvalue weighted by Crippen LogP contribution is -2.37. The molecule has 0 saturated carbocycles. The molecule has 0 radical (unpaired) electrons. The number of sulfonamides is 1. The predicted octanol–water partition coefficient (Wildman–Crippen LogP) is 4.64. The van der Waals surface area contributed by atoms with Gasteiger partial charge >= 0.3 is 5.97 Å². The number of benzene rings is 2. The summed E-state index contributed by atoms with van der Waals surface area (Å²) in [5.41, 5.74) is 1.78. The van der Waals surface area contributed by atoms with Crippen LogP contribution in [-0.2, 0) is 32.4 Å². The van der Waals surface area contributed by atoms with Crippen LogP contribution in [0.4, 0.5) is 21.7 Å². The minimum Gasteiger partial charge on any atom is -0.443 e. The molecule has 0 aliphatic carbocycles. The number of anilines is 3. The molecule has 4 rings (SSSR count). The van der Waals surface area contributed by atoms with Gasteiger partial charge in [-0.15, -0.1) is 0 Å². The van der Waals surface area contributed by atoms with Gasteiger partial charge in [0.15, 0.2) is 6.73 Å². The van der Waals surface area contributed by atoms with E-state index in [1.54, 1.807) is 81.4 Å². The van der Waals surface area contributed by atoms with Gasteiger partial charge < -0.3 is 10.1 Å². The van der Waals surface area contributed by atoms with Crippen LogP contribution in [0.5, 0.6) is 0 Å². The van der Waals surface area contributed by atoms with Crippen molar-refractivity contribution in [2.24, 2.45) is 12.5 Å². The molecule has 0 amide bonds. The molecule has 0 bridgehead atoms. The number of nitrogens with zero attached hydrogens (tertiary/aromatic N) is 5. The van der Waals surface area contributed by atoms with Crippen molar-refractivity contribution in [3.05, 3.63) is 84.6 Å². The Hall–Kier alpha value is -4.32. The Bertz CT molecular complexity index is 1570. The number of aromatic nitrogens is 4. The number of carbonyl (C=O) groups excluding carboxylic acids is 1. The van der Waals surface area contributed by atoms with E-state index in [-0.39, 0.29) is 11.3 Å². The first kappa shape index (κ1) is 27.7. The summed E-state index contributed by atoms with van der Waals surface area (Å²) in [6, 6.07) is 13.7. The molecule has 4 aromatic rings. The Labute approximate surface area is 226 Å². The fourth-order valence-corrected chi connectivity index (χ4v) is 4.97. The molecule has 0 saturated heterocycles. The van der Waals surface area contributed by atoms with Crippen molar-refractivity contribution in [3.8, 4) is 11.3 Å². The fraction of sp³-hybridized carbons (Fsp3) is 0.259. The maximum Gasteiger partial charge on any atom is 0.312 e. The smallest absolute Gasteiger partial charge is 0.312 e. The summed E-state index contributed by atoms with van der Waals surface area (Å²) < 4.78 is 48.6. The molecule has 0 aliphatic heterocycles. The van der Waals surface area contributed by atoms with Crippen LogP contribution in [0.15, 0.2) is 73.2 Å². The third kappa shape index (κ3) is 7.17. The Morgan fingerprint density at radius 3 is 2.51 bits per heavy atom. The lowest BCUT2D eigenvalue weighted by molar-refractivity contribution is -0.152. The molecular weight excluding hydrogens is 523 g/mol. The highest BCUT2D eigenvalue weighted by Crippen LogP contribution is 2.27. The van der Waals surface area contributed by atoms with Crippen molar-refractivity contribution in [3.63, 3.8) is 0 Å². The van der Waals surface area contributed by atoms with E-state index in [2.05, 4.69) is 20.4 Å². The number of aryl methyl sites for hydroxylation is 1. The van der Waals surface area contributed by atoms with E-state index in [4.69, 9.17) is 4.74 Å². The number of halogens is 1. The van der Waals surface area contributed by atoms with Crippen LogP contribution in [0.3, 0.4) is 0 Å². The molecule has 0 atom stereocenters. The van der Waals surface area contributed by atoms with Gasteiger partial charge in [0, 0.05) is 25.0 Å². The highest BCUT2D eigenvalue weighted by atomic mass is 32.2. The van der Waals surface area contributed by atoms with Crippen LogP contribution in [0, 0.1) is 11.2 Å². The molecular formula is C27H29FN6O4S. The number of nitrogens with one attached hydrogen (secondary N) is 1. The van der Waals surface area contributed by atoms with E-state index in [1.807, 2.05) is 0 Å². The molecule has 0 fully saturated rings. The molecule has 2 aromatic heterocycles. The van der Waals surface area contributed by atoms with E-state index in [0.29, 0.717) is 17.2 Å². The average Bonchev–Trinajstić information content (AvgIpc) is 3.28. The van der Waals surface area contributed by atoms with Crippen LogP contribution in [0.2, 0.25) is 0 Å². The first-order valence-corrected chi connectivity index (χ1v) is 13.6. The molecule has 0 aliphatic rings. The molecule has 2 aromatic carbocycles. The largest absolute Gasteiger partial charge is 0.443 e. The van der Waals surface area contributed by atoms with Crippen LogP contribution < -0.4 is 9.62 Å². The van der Waals surface area contributed by atoms with Gasteiger partial charge in [0.05, 0.1) is 34.4 Å². The van der Waals surface area contributed by atoms with Crippen molar-refractivity contribution in [2.75, 3.05) is 16.4 Å². The van der Waals surface area contributed by atoms with Gasteiger partial charge in [-0.25, -0.2) is 27.1 Å². The maximum atomic E-state index is 13.7. The minimum atomic E-state index is -4.06. The molecule has 0 spiro atoms. The van der Waals surface area contributed by atoms with Gasteiger partial charge in [-0.05, 0) is 56.7 Å². The van der Waals surface area contributed by atoms with E-state index < -0.39 is 39.7 Å². The molecule has 10 nitrogen and oxygen atoms in total. The topological polar surface area (TPSA) is 119 Å². The third-order valence-corrected chi connectivity index (χ3v) is 7.25. The highest BCUT2D eigenvalue weighted by molar-refractivity contribution is 7.92. The monoisotopic (exact) mass is 552 g/mol. The summed E-state index contributed by atoms with van der Waals surface area (Å²) in [5.74, 6) is -1.20. The molecule has 0 unspecified atom stereocenters. The lowest BCUT2D eigenvalue weighted by atomic mass is 9.98. The Kier molecular flexibility index (Phi) is 7.95. The van der Waals surface area contributed by atoms with E-state index in [9.17, 15) is 17.6 Å². The lowest BCUT2D eigenvalue weighted by Gasteiger charge is -2.26. The van der Waals surface area contributed by atoms with Gasteiger partial charge in [-0.2, -0.15) is 5.10 Å². The molecule has 1 N–H and O–H groups in total. The van der Waals surface area contributed by atoms with E-state index in [1.165, 1.54) is 18.2 Å². The minimum absolute atomic E-state index is 0.272. The summed E-state index contributed by atoms with van der Waals surface area (Å²) in [5, 5.41) is 7.19. The number of rotatable bonds is 9. The van der Waals surface area contributed by atoms with Crippen molar-refractivity contribution < 1.29 is 22.3 Å². The zero-order chi connectivity index (χ0) is 28.2. The standard InChI is InChI=1S/C27H29FN6O4S/c1-27(2,3)25(35)38-18-34(39(36,37)17-19-6-5-7-21(28)14-19)23-10-8-20(9-11-23)24-12-13-29-26(32-24)31-22-15-30-33(4)16-22/h5-16H,17-18H2,1-4H3,(H,29,31,32). The second-order valence-corrected chi connectivity index (χ2v) is 11.8. The normalized spacial score (nSPS) is 11.7. The molecule has 39 heavy (non-hydrogen) atoms. The summed E-state index contributed by atoms with van der Waals surface area (Å²) in [6.45, 7) is 4.50. The SMILES string of the molecule is Cn1cc(Nc2nccc(-c3ccc(N(COC(=O)C(C)(C)C)S(=O)(=O)Cc4cccc(F)c4)cc3)n2)cn1. The Morgan fingerprint density at radius 1 is 1.13 bits per heavy atom. The summed E-state index contributed by atoms with van der Waals surface area (Å²) in [6.07, 6.45) is 5.04.